The fourth-order valence-corrected chi connectivity index (χ4v) is 3.28. The average Bonchev–Trinajstić information content (AvgIpc) is 2.85. The molecule has 2 N–H and O–H groups in total. The molecule has 1 amide bonds. The van der Waals surface area contributed by atoms with Crippen molar-refractivity contribution in [2.45, 2.75) is 20.3 Å². The van der Waals surface area contributed by atoms with E-state index in [1.807, 2.05) is 62.4 Å². The number of hydrogen-bond donors (Lipinski definition) is 2. The van der Waals surface area contributed by atoms with Crippen molar-refractivity contribution in [1.82, 2.24) is 20.3 Å². The topological polar surface area (TPSA) is 113 Å². The number of hydrogen-bond acceptors (Lipinski definition) is 7. The van der Waals surface area contributed by atoms with Gasteiger partial charge in [-0.05, 0) is 67.9 Å². The number of aromatic nitrogens is 3. The van der Waals surface area contributed by atoms with E-state index < -0.39 is 0 Å². The highest BCUT2D eigenvalue weighted by Gasteiger charge is 2.08. The van der Waals surface area contributed by atoms with E-state index in [1.165, 1.54) is 6.33 Å². The molecule has 172 valence electrons. The van der Waals surface area contributed by atoms with Crippen LogP contribution in [0.1, 0.15) is 23.2 Å². The lowest BCUT2D eigenvalue weighted by Crippen LogP contribution is -2.22. The maximum Gasteiger partial charge on any atom is 0.234 e. The molecule has 4 rings (SSSR count). The van der Waals surface area contributed by atoms with Gasteiger partial charge in [0, 0.05) is 22.3 Å². The number of carbonyl (C=O) groups excluding carboxylic acids is 1. The molecule has 0 aliphatic heterocycles. The number of nitrogens with zero attached hydrogens (tertiary/aromatic N) is 4. The van der Waals surface area contributed by atoms with Gasteiger partial charge in [-0.25, -0.2) is 9.97 Å². The van der Waals surface area contributed by atoms with Gasteiger partial charge in [0.1, 0.15) is 30.1 Å². The number of amides is 1. The Bertz CT molecular complexity index is 1480. The summed E-state index contributed by atoms with van der Waals surface area (Å²) in [5.74, 6) is 7.64. The van der Waals surface area contributed by atoms with Crippen LogP contribution in [0.5, 0.6) is 11.5 Å². The molecule has 0 aliphatic rings. The predicted octanol–water partition coefficient (Wildman–Crippen LogP) is 4.56. The van der Waals surface area contributed by atoms with Crippen LogP contribution in [0.15, 0.2) is 61.1 Å². The van der Waals surface area contributed by atoms with Gasteiger partial charge in [0.15, 0.2) is 0 Å². The summed E-state index contributed by atoms with van der Waals surface area (Å²) in [6.45, 7) is 4.07. The molecular formula is C27H22N6O2. The Morgan fingerprint density at radius 2 is 1.94 bits per heavy atom. The Kier molecular flexibility index (Phi) is 7.15. The second kappa shape index (κ2) is 10.8. The molecule has 0 fully saturated rings. The molecule has 0 unspecified atom stereocenters. The quantitative estimate of drug-likeness (QED) is 0.404. The fraction of sp³-hybridized carbons (Fsp3) is 0.148. The molecule has 8 nitrogen and oxygen atoms in total. The van der Waals surface area contributed by atoms with Crippen molar-refractivity contribution in [2.24, 2.45) is 0 Å². The number of anilines is 2. The number of nitriles is 1. The summed E-state index contributed by atoms with van der Waals surface area (Å²) in [7, 11) is 0. The first-order valence-electron chi connectivity index (χ1n) is 10.9. The minimum Gasteiger partial charge on any atom is -0.455 e. The summed E-state index contributed by atoms with van der Waals surface area (Å²) in [6.07, 6.45) is 3.03. The van der Waals surface area contributed by atoms with Gasteiger partial charge < -0.3 is 15.4 Å². The Morgan fingerprint density at radius 1 is 1.06 bits per heavy atom. The number of benzene rings is 2. The SMILES string of the molecule is Cc1ccc(Oc2ccc(Nc3ncnc4ccc(C#CCNC(=O)CC#N)cc34)cc2C)cn1. The van der Waals surface area contributed by atoms with Crippen LogP contribution in [0.4, 0.5) is 11.5 Å². The van der Waals surface area contributed by atoms with Crippen LogP contribution in [0.3, 0.4) is 0 Å². The predicted molar refractivity (Wildman–Crippen MR) is 133 cm³/mol. The lowest BCUT2D eigenvalue weighted by Gasteiger charge is -2.12. The van der Waals surface area contributed by atoms with Crippen LogP contribution in [-0.2, 0) is 4.79 Å². The lowest BCUT2D eigenvalue weighted by atomic mass is 10.1. The highest BCUT2D eigenvalue weighted by Crippen LogP contribution is 2.29. The molecule has 0 spiro atoms. The van der Waals surface area contributed by atoms with Crippen molar-refractivity contribution in [3.63, 3.8) is 0 Å². The summed E-state index contributed by atoms with van der Waals surface area (Å²) in [4.78, 5) is 24.4. The first kappa shape index (κ1) is 23.2. The minimum absolute atomic E-state index is 0.168. The van der Waals surface area contributed by atoms with E-state index in [4.69, 9.17) is 10.00 Å². The molecule has 8 heteroatoms. The zero-order valence-corrected chi connectivity index (χ0v) is 19.3. The third-order valence-corrected chi connectivity index (χ3v) is 5.03. The number of fused-ring (bicyclic) bond motifs is 1. The molecule has 0 radical (unpaired) electrons. The van der Waals surface area contributed by atoms with Crippen LogP contribution < -0.4 is 15.4 Å². The maximum atomic E-state index is 11.4. The monoisotopic (exact) mass is 462 g/mol. The molecule has 0 saturated heterocycles. The van der Waals surface area contributed by atoms with Gasteiger partial charge in [-0.3, -0.25) is 9.78 Å². The van der Waals surface area contributed by atoms with Gasteiger partial charge in [-0.1, -0.05) is 11.8 Å². The summed E-state index contributed by atoms with van der Waals surface area (Å²) < 4.78 is 5.96. The standard InChI is InChI=1S/C27H22N6O2/c1-18-14-21(7-10-25(18)35-22-8-5-19(2)30-16-22)33-27-23-15-20(6-9-24(23)31-17-32-27)4-3-13-29-26(34)11-12-28/h5-10,14-17H,11,13H2,1-2H3,(H,29,34)(H,31,32,33). The van der Waals surface area contributed by atoms with E-state index in [9.17, 15) is 4.79 Å². The van der Waals surface area contributed by atoms with Crippen molar-refractivity contribution in [3.05, 3.63) is 77.9 Å². The summed E-state index contributed by atoms with van der Waals surface area (Å²) in [6, 6.07) is 17.0. The van der Waals surface area contributed by atoms with Gasteiger partial charge in [-0.2, -0.15) is 5.26 Å². The van der Waals surface area contributed by atoms with Crippen molar-refractivity contribution < 1.29 is 9.53 Å². The van der Waals surface area contributed by atoms with Crippen molar-refractivity contribution in [2.75, 3.05) is 11.9 Å². The van der Waals surface area contributed by atoms with Crippen molar-refractivity contribution in [1.29, 1.82) is 5.26 Å². The third-order valence-electron chi connectivity index (χ3n) is 5.03. The molecule has 4 aromatic rings. The van der Waals surface area contributed by atoms with Gasteiger partial charge >= 0.3 is 0 Å². The van der Waals surface area contributed by atoms with Gasteiger partial charge in [0.05, 0.1) is 24.3 Å². The van der Waals surface area contributed by atoms with Crippen LogP contribution in [0.2, 0.25) is 0 Å². The first-order valence-corrected chi connectivity index (χ1v) is 10.9. The number of rotatable bonds is 6. The first-order chi connectivity index (χ1) is 17.0. The molecule has 2 aromatic heterocycles. The number of ether oxygens (including phenoxy) is 1. The molecule has 0 atom stereocenters. The summed E-state index contributed by atoms with van der Waals surface area (Å²) in [5, 5.41) is 15.3. The molecule has 2 aromatic carbocycles. The number of carbonyl (C=O) groups is 1. The zero-order chi connectivity index (χ0) is 24.6. The highest BCUT2D eigenvalue weighted by molar-refractivity contribution is 5.91. The van der Waals surface area contributed by atoms with Crippen LogP contribution in [0.25, 0.3) is 10.9 Å². The van der Waals surface area contributed by atoms with E-state index in [1.54, 1.807) is 12.3 Å². The van der Waals surface area contributed by atoms with Crippen LogP contribution >= 0.6 is 0 Å². The number of pyridine rings is 1. The van der Waals surface area contributed by atoms with Gasteiger partial charge in [-0.15, -0.1) is 0 Å². The smallest absolute Gasteiger partial charge is 0.234 e. The van der Waals surface area contributed by atoms with E-state index in [0.717, 1.165) is 39.2 Å². The van der Waals surface area contributed by atoms with Crippen molar-refractivity contribution in [3.8, 4) is 29.4 Å². The second-order valence-corrected chi connectivity index (χ2v) is 7.71. The van der Waals surface area contributed by atoms with Gasteiger partial charge in [0.25, 0.3) is 0 Å². The molecule has 0 aliphatic carbocycles. The molecule has 0 bridgehead atoms. The van der Waals surface area contributed by atoms with Crippen LogP contribution in [-0.4, -0.2) is 27.4 Å². The molecule has 2 heterocycles. The Balaban J connectivity index is 1.51. The number of aryl methyl sites for hydroxylation is 2. The van der Waals surface area contributed by atoms with E-state index in [2.05, 4.69) is 37.4 Å². The molecule has 0 saturated carbocycles. The maximum absolute atomic E-state index is 11.4. The van der Waals surface area contributed by atoms with E-state index in [0.29, 0.717) is 11.6 Å². The van der Waals surface area contributed by atoms with Gasteiger partial charge in [0.2, 0.25) is 5.91 Å². The molecule has 35 heavy (non-hydrogen) atoms. The highest BCUT2D eigenvalue weighted by atomic mass is 16.5. The largest absolute Gasteiger partial charge is 0.455 e. The fourth-order valence-electron chi connectivity index (χ4n) is 3.28. The number of nitrogens with one attached hydrogen (secondary N) is 2. The summed E-state index contributed by atoms with van der Waals surface area (Å²) in [5.41, 5.74) is 4.28. The Labute approximate surface area is 203 Å². The van der Waals surface area contributed by atoms with E-state index >= 15 is 0 Å². The Hall–Kier alpha value is -4.95. The minimum atomic E-state index is -0.345. The van der Waals surface area contributed by atoms with Crippen LogP contribution in [0, 0.1) is 37.0 Å². The lowest BCUT2D eigenvalue weighted by molar-refractivity contribution is -0.119. The normalized spacial score (nSPS) is 10.1. The Morgan fingerprint density at radius 3 is 2.71 bits per heavy atom. The second-order valence-electron chi connectivity index (χ2n) is 7.71. The average molecular weight is 463 g/mol. The molecular weight excluding hydrogens is 440 g/mol. The van der Waals surface area contributed by atoms with E-state index in [-0.39, 0.29) is 18.9 Å². The summed E-state index contributed by atoms with van der Waals surface area (Å²) >= 11 is 0. The zero-order valence-electron chi connectivity index (χ0n) is 19.3. The third kappa shape index (κ3) is 6.10. The van der Waals surface area contributed by atoms with Crippen molar-refractivity contribution >= 4 is 28.3 Å².